The number of hydrazone groups is 1. The van der Waals surface area contributed by atoms with E-state index in [4.69, 9.17) is 4.74 Å². The lowest BCUT2D eigenvalue weighted by atomic mass is 10.1. The molecule has 3 aromatic carbocycles. The Balaban J connectivity index is 1.74. The largest absolute Gasteiger partial charge is 0.476 e. The third kappa shape index (κ3) is 4.78. The van der Waals surface area contributed by atoms with Crippen molar-refractivity contribution in [3.05, 3.63) is 102 Å². The minimum absolute atomic E-state index is 0.331. The van der Waals surface area contributed by atoms with Crippen molar-refractivity contribution < 1.29 is 9.53 Å². The number of nitrogens with zero attached hydrogens (tertiary/aromatic N) is 1. The number of amides is 1. The monoisotopic (exact) mass is 330 g/mol. The van der Waals surface area contributed by atoms with E-state index >= 15 is 0 Å². The predicted octanol–water partition coefficient (Wildman–Crippen LogP) is 3.96. The van der Waals surface area contributed by atoms with Crippen molar-refractivity contribution in [2.24, 2.45) is 5.10 Å². The molecule has 4 heteroatoms. The molecule has 0 saturated heterocycles. The summed E-state index contributed by atoms with van der Waals surface area (Å²) < 4.78 is 5.88. The highest BCUT2D eigenvalue weighted by Gasteiger charge is 2.22. The highest BCUT2D eigenvalue weighted by atomic mass is 16.5. The van der Waals surface area contributed by atoms with E-state index in [0.29, 0.717) is 5.75 Å². The lowest BCUT2D eigenvalue weighted by molar-refractivity contribution is -0.128. The van der Waals surface area contributed by atoms with Crippen LogP contribution in [0.4, 0.5) is 0 Å². The summed E-state index contributed by atoms with van der Waals surface area (Å²) in [5.41, 5.74) is 4.22. The SMILES string of the molecule is O=C(N/N=C/c1ccccc1)[C@@H](Oc1ccccc1)c1ccccc1. The number of rotatable bonds is 6. The Kier molecular flexibility index (Phi) is 5.56. The van der Waals surface area contributed by atoms with E-state index in [9.17, 15) is 4.79 Å². The zero-order valence-electron chi connectivity index (χ0n) is 13.6. The van der Waals surface area contributed by atoms with Crippen molar-refractivity contribution in [2.45, 2.75) is 6.10 Å². The van der Waals surface area contributed by atoms with Gasteiger partial charge in [0.05, 0.1) is 6.21 Å². The molecule has 3 rings (SSSR count). The van der Waals surface area contributed by atoms with Gasteiger partial charge in [-0.1, -0.05) is 78.9 Å². The Bertz CT molecular complexity index is 818. The topological polar surface area (TPSA) is 50.7 Å². The second-order valence-electron chi connectivity index (χ2n) is 5.37. The van der Waals surface area contributed by atoms with E-state index in [1.165, 1.54) is 0 Å². The van der Waals surface area contributed by atoms with Crippen LogP contribution in [0.25, 0.3) is 0 Å². The molecule has 0 radical (unpaired) electrons. The molecule has 0 unspecified atom stereocenters. The zero-order chi connectivity index (χ0) is 17.3. The van der Waals surface area contributed by atoms with Gasteiger partial charge in [0.1, 0.15) is 5.75 Å². The molecular weight excluding hydrogens is 312 g/mol. The Hall–Kier alpha value is -3.40. The lowest BCUT2D eigenvalue weighted by Gasteiger charge is -2.17. The van der Waals surface area contributed by atoms with Crippen molar-refractivity contribution in [2.75, 3.05) is 0 Å². The molecule has 4 nitrogen and oxygen atoms in total. The van der Waals surface area contributed by atoms with Gasteiger partial charge in [0.15, 0.2) is 0 Å². The van der Waals surface area contributed by atoms with Crippen molar-refractivity contribution in [1.29, 1.82) is 0 Å². The molecule has 1 atom stereocenters. The summed E-state index contributed by atoms with van der Waals surface area (Å²) in [5, 5.41) is 4.03. The van der Waals surface area contributed by atoms with Gasteiger partial charge in [-0.25, -0.2) is 5.43 Å². The van der Waals surface area contributed by atoms with Crippen molar-refractivity contribution in [3.63, 3.8) is 0 Å². The summed E-state index contributed by atoms with van der Waals surface area (Å²) in [6.07, 6.45) is 0.819. The van der Waals surface area contributed by atoms with E-state index in [-0.39, 0.29) is 5.91 Å². The molecule has 3 aromatic rings. The molecule has 0 heterocycles. The first-order valence-corrected chi connectivity index (χ1v) is 7.97. The third-order valence-corrected chi connectivity index (χ3v) is 3.53. The quantitative estimate of drug-likeness (QED) is 0.549. The van der Waals surface area contributed by atoms with Gasteiger partial charge in [0.25, 0.3) is 5.91 Å². The van der Waals surface area contributed by atoms with Crippen LogP contribution < -0.4 is 10.2 Å². The lowest BCUT2D eigenvalue weighted by Crippen LogP contribution is -2.29. The molecule has 1 N–H and O–H groups in total. The van der Waals surface area contributed by atoms with Crippen molar-refractivity contribution in [3.8, 4) is 5.75 Å². The maximum atomic E-state index is 12.6. The van der Waals surface area contributed by atoms with Crippen LogP contribution in [0.1, 0.15) is 17.2 Å². The third-order valence-electron chi connectivity index (χ3n) is 3.53. The zero-order valence-corrected chi connectivity index (χ0v) is 13.6. The Morgan fingerprint density at radius 1 is 0.840 bits per heavy atom. The molecule has 0 saturated carbocycles. The van der Waals surface area contributed by atoms with Crippen LogP contribution >= 0.6 is 0 Å². The summed E-state index contributed by atoms with van der Waals surface area (Å²) >= 11 is 0. The molecular formula is C21H18N2O2. The summed E-state index contributed by atoms with van der Waals surface area (Å²) in [6, 6.07) is 28.2. The molecule has 0 spiro atoms. The van der Waals surface area contributed by atoms with E-state index < -0.39 is 6.10 Å². The maximum absolute atomic E-state index is 12.6. The summed E-state index contributed by atoms with van der Waals surface area (Å²) in [7, 11) is 0. The molecule has 25 heavy (non-hydrogen) atoms. The van der Waals surface area contributed by atoms with Crippen LogP contribution in [0.3, 0.4) is 0 Å². The maximum Gasteiger partial charge on any atom is 0.285 e. The Morgan fingerprint density at radius 3 is 2.04 bits per heavy atom. The number of ether oxygens (including phenoxy) is 1. The van der Waals surface area contributed by atoms with Crippen LogP contribution in [-0.2, 0) is 4.79 Å². The van der Waals surface area contributed by atoms with Crippen LogP contribution in [0.5, 0.6) is 5.75 Å². The van der Waals surface area contributed by atoms with Gasteiger partial charge in [-0.05, 0) is 17.7 Å². The Morgan fingerprint density at radius 2 is 1.40 bits per heavy atom. The smallest absolute Gasteiger partial charge is 0.285 e. The van der Waals surface area contributed by atoms with Crippen LogP contribution in [-0.4, -0.2) is 12.1 Å². The van der Waals surface area contributed by atoms with Gasteiger partial charge in [0, 0.05) is 5.56 Å². The molecule has 0 aliphatic rings. The first-order valence-electron chi connectivity index (χ1n) is 7.97. The second-order valence-corrected chi connectivity index (χ2v) is 5.37. The predicted molar refractivity (Wildman–Crippen MR) is 98.4 cm³/mol. The van der Waals surface area contributed by atoms with E-state index in [2.05, 4.69) is 10.5 Å². The normalized spacial score (nSPS) is 11.8. The average molecular weight is 330 g/mol. The van der Waals surface area contributed by atoms with Crippen LogP contribution in [0.15, 0.2) is 96.1 Å². The standard InChI is InChI=1S/C21H18N2O2/c24-21(23-22-16-17-10-4-1-5-11-17)20(18-12-6-2-7-13-18)25-19-14-8-3-9-15-19/h1-16,20H,(H,23,24)/b22-16+/t20-/m0/s1. The molecule has 0 bridgehead atoms. The molecule has 0 aromatic heterocycles. The van der Waals surface area contributed by atoms with Crippen molar-refractivity contribution in [1.82, 2.24) is 5.43 Å². The van der Waals surface area contributed by atoms with E-state index in [1.807, 2.05) is 91.0 Å². The summed E-state index contributed by atoms with van der Waals surface area (Å²) in [6.45, 7) is 0. The molecule has 0 aliphatic carbocycles. The molecule has 0 aliphatic heterocycles. The van der Waals surface area contributed by atoms with Crippen molar-refractivity contribution >= 4 is 12.1 Å². The number of para-hydroxylation sites is 1. The van der Waals surface area contributed by atoms with Gasteiger partial charge in [-0.3, -0.25) is 4.79 Å². The van der Waals surface area contributed by atoms with E-state index in [1.54, 1.807) is 6.21 Å². The Labute approximate surface area is 146 Å². The first-order chi connectivity index (χ1) is 12.3. The number of carbonyl (C=O) groups is 1. The summed E-state index contributed by atoms with van der Waals surface area (Å²) in [4.78, 5) is 12.6. The van der Waals surface area contributed by atoms with Gasteiger partial charge in [0.2, 0.25) is 6.10 Å². The van der Waals surface area contributed by atoms with Crippen LogP contribution in [0.2, 0.25) is 0 Å². The molecule has 0 fully saturated rings. The number of benzene rings is 3. The van der Waals surface area contributed by atoms with Gasteiger partial charge < -0.3 is 4.74 Å². The minimum atomic E-state index is -0.781. The molecule has 1 amide bonds. The van der Waals surface area contributed by atoms with Gasteiger partial charge >= 0.3 is 0 Å². The van der Waals surface area contributed by atoms with Gasteiger partial charge in [-0.2, -0.15) is 5.10 Å². The minimum Gasteiger partial charge on any atom is -0.476 e. The number of carbonyl (C=O) groups excluding carboxylic acids is 1. The first kappa shape index (κ1) is 16.5. The fraction of sp³-hybridized carbons (Fsp3) is 0.0476. The van der Waals surface area contributed by atoms with E-state index in [0.717, 1.165) is 11.1 Å². The average Bonchev–Trinajstić information content (AvgIpc) is 2.68. The van der Waals surface area contributed by atoms with Crippen LogP contribution in [0, 0.1) is 0 Å². The van der Waals surface area contributed by atoms with Gasteiger partial charge in [-0.15, -0.1) is 0 Å². The highest BCUT2D eigenvalue weighted by Crippen LogP contribution is 2.21. The summed E-state index contributed by atoms with van der Waals surface area (Å²) in [5.74, 6) is 0.292. The molecule has 124 valence electrons. The number of hydrogen-bond acceptors (Lipinski definition) is 3. The fourth-order valence-electron chi connectivity index (χ4n) is 2.30. The second kappa shape index (κ2) is 8.45. The number of hydrogen-bond donors (Lipinski definition) is 1. The fourth-order valence-corrected chi connectivity index (χ4v) is 2.30. The highest BCUT2D eigenvalue weighted by molar-refractivity contribution is 5.85. The number of nitrogens with one attached hydrogen (secondary N) is 1.